The number of aliphatic hydroxyl groups is 2. The Hall–Kier alpha value is -3.18. The Balaban J connectivity index is 1.44. The summed E-state index contributed by atoms with van der Waals surface area (Å²) in [5, 5.41) is 32.6. The smallest absolute Gasteiger partial charge is 0.345 e. The number of ether oxygens (including phenoxy) is 3. The minimum absolute atomic E-state index is 0.0191. The van der Waals surface area contributed by atoms with Crippen LogP contribution in [0.5, 0.6) is 5.75 Å². The molecule has 10 nitrogen and oxygen atoms in total. The number of nitrogens with zero attached hydrogens (tertiary/aromatic N) is 1. The monoisotopic (exact) mass is 695 g/mol. The van der Waals surface area contributed by atoms with Gasteiger partial charge in [0.15, 0.2) is 0 Å². The highest BCUT2D eigenvalue weighted by molar-refractivity contribution is 5.97. The van der Waals surface area contributed by atoms with Crippen LogP contribution in [0, 0.1) is 30.6 Å². The van der Waals surface area contributed by atoms with Crippen LogP contribution in [0.15, 0.2) is 36.7 Å². The third-order valence-corrected chi connectivity index (χ3v) is 11.7. The van der Waals surface area contributed by atoms with E-state index in [1.165, 1.54) is 12.4 Å². The molecular formula is C40H57NO9. The van der Waals surface area contributed by atoms with Gasteiger partial charge in [-0.15, -0.1) is 0 Å². The van der Waals surface area contributed by atoms with Gasteiger partial charge >= 0.3 is 11.9 Å². The molecule has 2 aliphatic heterocycles. The van der Waals surface area contributed by atoms with E-state index in [0.29, 0.717) is 49.7 Å². The molecule has 10 unspecified atom stereocenters. The topological polar surface area (TPSA) is 152 Å². The van der Waals surface area contributed by atoms with E-state index in [2.05, 4.69) is 18.8 Å². The number of carboxylic acids is 1. The molecule has 0 radical (unpaired) electrons. The Morgan fingerprint density at radius 1 is 1.10 bits per heavy atom. The Morgan fingerprint density at radius 2 is 1.82 bits per heavy atom. The van der Waals surface area contributed by atoms with Gasteiger partial charge in [-0.3, -0.25) is 9.78 Å². The van der Waals surface area contributed by atoms with Gasteiger partial charge in [0.25, 0.3) is 0 Å². The van der Waals surface area contributed by atoms with Gasteiger partial charge in [0.05, 0.1) is 41.2 Å². The van der Waals surface area contributed by atoms with Gasteiger partial charge in [-0.1, -0.05) is 53.7 Å². The number of hydrogen-bond donors (Lipinski definition) is 3. The summed E-state index contributed by atoms with van der Waals surface area (Å²) in [5.41, 5.74) is -0.304. The highest BCUT2D eigenvalue weighted by Gasteiger charge is 2.55. The number of Topliss-reactive ketones (excluding diaryl/α,β-unsaturated/α-hetero) is 1. The highest BCUT2D eigenvalue weighted by Crippen LogP contribution is 2.48. The first-order valence-corrected chi connectivity index (χ1v) is 18.4. The number of rotatable bonds is 15. The summed E-state index contributed by atoms with van der Waals surface area (Å²) >= 11 is 0. The van der Waals surface area contributed by atoms with E-state index >= 15 is 0 Å². The fourth-order valence-electron chi connectivity index (χ4n) is 8.20. The second kappa shape index (κ2) is 16.4. The molecule has 10 heteroatoms. The van der Waals surface area contributed by atoms with Gasteiger partial charge in [0.2, 0.25) is 0 Å². The first kappa shape index (κ1) is 39.6. The number of aromatic carboxylic acids is 1. The van der Waals surface area contributed by atoms with Crippen LogP contribution in [0.25, 0.3) is 0 Å². The number of aliphatic hydroxyl groups excluding tert-OH is 1. The standard InChI is InChI=1S/C40H57NO9/c1-9-30(35-25(6)21-40(11-3,50-35)31-18-19-39(47,10-2)27(8)48-31)34(43)26(7)33(42)23(4)14-16-28-17-15-24(5)36(32(28)37(44)45)49-38(46)29-13-12-20-41-22-29/h12-13,15,17,20,22-23,25-27,30-31,33,35,42,47H,9-11,14,16,18-19,21H2,1-8H3,(H,44,45). The van der Waals surface area contributed by atoms with Gasteiger partial charge in [-0.2, -0.15) is 0 Å². The lowest BCUT2D eigenvalue weighted by Gasteiger charge is -2.47. The van der Waals surface area contributed by atoms with Crippen LogP contribution in [-0.4, -0.2) is 73.6 Å². The van der Waals surface area contributed by atoms with Crippen molar-refractivity contribution in [1.29, 1.82) is 0 Å². The second-order valence-corrected chi connectivity index (χ2v) is 14.8. The molecule has 1 aromatic carbocycles. The number of carbonyl (C=O) groups is 3. The van der Waals surface area contributed by atoms with Crippen molar-refractivity contribution in [3.05, 3.63) is 58.9 Å². The summed E-state index contributed by atoms with van der Waals surface area (Å²) in [4.78, 5) is 43.2. The zero-order valence-corrected chi connectivity index (χ0v) is 31.0. The number of benzene rings is 1. The van der Waals surface area contributed by atoms with E-state index in [1.54, 1.807) is 38.1 Å². The Bertz CT molecular complexity index is 1500. The summed E-state index contributed by atoms with van der Waals surface area (Å²) in [6.07, 6.45) is 5.85. The molecule has 0 saturated carbocycles. The Morgan fingerprint density at radius 3 is 2.40 bits per heavy atom. The van der Waals surface area contributed by atoms with Crippen molar-refractivity contribution >= 4 is 17.7 Å². The van der Waals surface area contributed by atoms with Gasteiger partial charge in [-0.05, 0) is 100 Å². The summed E-state index contributed by atoms with van der Waals surface area (Å²) in [6, 6.07) is 6.57. The molecule has 10 atom stereocenters. The molecule has 3 N–H and O–H groups in total. The number of carbonyl (C=O) groups excluding carboxylic acids is 2. The van der Waals surface area contributed by atoms with Crippen LogP contribution in [0.2, 0.25) is 0 Å². The van der Waals surface area contributed by atoms with Crippen molar-refractivity contribution in [3.8, 4) is 5.75 Å². The van der Waals surface area contributed by atoms with Crippen LogP contribution >= 0.6 is 0 Å². The van der Waals surface area contributed by atoms with Crippen molar-refractivity contribution < 1.29 is 43.9 Å². The van der Waals surface area contributed by atoms with E-state index in [1.807, 2.05) is 27.7 Å². The lowest BCUT2D eigenvalue weighted by atomic mass is 9.76. The summed E-state index contributed by atoms with van der Waals surface area (Å²) in [7, 11) is 0. The summed E-state index contributed by atoms with van der Waals surface area (Å²) < 4.78 is 18.9. The number of ketones is 1. The minimum atomic E-state index is -1.22. The predicted octanol–water partition coefficient (Wildman–Crippen LogP) is 6.75. The molecule has 0 bridgehead atoms. The average molecular weight is 696 g/mol. The number of aryl methyl sites for hydroxylation is 2. The van der Waals surface area contributed by atoms with Gasteiger partial charge < -0.3 is 29.5 Å². The van der Waals surface area contributed by atoms with Crippen LogP contribution in [0.3, 0.4) is 0 Å². The Labute approximate surface area is 296 Å². The largest absolute Gasteiger partial charge is 0.478 e. The number of pyridine rings is 1. The molecule has 276 valence electrons. The Kier molecular flexibility index (Phi) is 13.0. The highest BCUT2D eigenvalue weighted by atomic mass is 16.6. The number of aromatic nitrogens is 1. The van der Waals surface area contributed by atoms with Crippen molar-refractivity contribution in [3.63, 3.8) is 0 Å². The van der Waals surface area contributed by atoms with E-state index in [0.717, 1.165) is 12.8 Å². The average Bonchev–Trinajstić information content (AvgIpc) is 3.45. The third kappa shape index (κ3) is 8.14. The third-order valence-electron chi connectivity index (χ3n) is 11.7. The van der Waals surface area contributed by atoms with Crippen LogP contribution in [0.1, 0.15) is 125 Å². The quantitative estimate of drug-likeness (QED) is 0.135. The molecular weight excluding hydrogens is 638 g/mol. The molecule has 3 heterocycles. The van der Waals surface area contributed by atoms with Crippen molar-refractivity contribution in [2.75, 3.05) is 0 Å². The molecule has 2 fully saturated rings. The zero-order valence-electron chi connectivity index (χ0n) is 31.0. The first-order chi connectivity index (χ1) is 23.6. The van der Waals surface area contributed by atoms with Gasteiger partial charge in [-0.25, -0.2) is 9.59 Å². The molecule has 0 spiro atoms. The molecule has 0 amide bonds. The van der Waals surface area contributed by atoms with Crippen LogP contribution in [-0.2, 0) is 20.7 Å². The molecule has 0 aliphatic carbocycles. The van der Waals surface area contributed by atoms with E-state index in [9.17, 15) is 29.7 Å². The minimum Gasteiger partial charge on any atom is -0.478 e. The number of esters is 1. The van der Waals surface area contributed by atoms with Crippen molar-refractivity contribution in [2.45, 2.75) is 142 Å². The lowest BCUT2D eigenvalue weighted by molar-refractivity contribution is -0.229. The summed E-state index contributed by atoms with van der Waals surface area (Å²) in [5.74, 6) is -3.28. The predicted molar refractivity (Wildman–Crippen MR) is 189 cm³/mol. The molecule has 2 aliphatic rings. The maximum absolute atomic E-state index is 14.1. The van der Waals surface area contributed by atoms with Crippen molar-refractivity contribution in [1.82, 2.24) is 4.98 Å². The van der Waals surface area contributed by atoms with Crippen molar-refractivity contribution in [2.24, 2.45) is 23.7 Å². The molecule has 2 aromatic rings. The summed E-state index contributed by atoms with van der Waals surface area (Å²) in [6.45, 7) is 15.4. The normalized spacial score (nSPS) is 29.2. The number of hydrogen-bond acceptors (Lipinski definition) is 9. The second-order valence-electron chi connectivity index (χ2n) is 14.8. The van der Waals surface area contributed by atoms with E-state index in [-0.39, 0.29) is 52.8 Å². The maximum atomic E-state index is 14.1. The fraction of sp³-hybridized carbons (Fsp3) is 0.650. The van der Waals surface area contributed by atoms with Gasteiger partial charge in [0.1, 0.15) is 17.1 Å². The fourth-order valence-corrected chi connectivity index (χ4v) is 8.20. The molecule has 4 rings (SSSR count). The van der Waals surface area contributed by atoms with E-state index < -0.39 is 41.1 Å². The molecule has 1 aromatic heterocycles. The first-order valence-electron chi connectivity index (χ1n) is 18.4. The SMILES string of the molecule is CCC(C(=O)C(C)C(O)C(C)CCc1ccc(C)c(OC(=O)c2cccnc2)c1C(=O)O)C1OC(CC)(C2CCC(O)(CC)C(C)O2)CC1C. The van der Waals surface area contributed by atoms with Crippen LogP contribution in [0.4, 0.5) is 0 Å². The molecule has 50 heavy (non-hydrogen) atoms. The zero-order chi connectivity index (χ0) is 37.0. The van der Waals surface area contributed by atoms with E-state index in [4.69, 9.17) is 14.2 Å². The van der Waals surface area contributed by atoms with Crippen LogP contribution < -0.4 is 4.74 Å². The maximum Gasteiger partial charge on any atom is 0.345 e. The lowest BCUT2D eigenvalue weighted by Crippen LogP contribution is -2.55. The van der Waals surface area contributed by atoms with Gasteiger partial charge in [0, 0.05) is 24.2 Å². The molecule has 2 saturated heterocycles. The number of carboxylic acid groups (broad SMARTS) is 1.